The van der Waals surface area contributed by atoms with Gasteiger partial charge >= 0.3 is 5.97 Å². The molecular weight excluding hydrogens is 272 g/mol. The first kappa shape index (κ1) is 13.3. The maximum absolute atomic E-state index is 12.2. The van der Waals surface area contributed by atoms with Gasteiger partial charge in [0.1, 0.15) is 12.2 Å². The lowest BCUT2D eigenvalue weighted by Crippen LogP contribution is -2.41. The molecule has 1 atom stereocenters. The molecule has 7 nitrogen and oxygen atoms in total. The molecule has 7 heteroatoms. The van der Waals surface area contributed by atoms with Crippen molar-refractivity contribution in [2.45, 2.75) is 25.4 Å². The van der Waals surface area contributed by atoms with Crippen molar-refractivity contribution >= 4 is 11.9 Å². The topological polar surface area (TPSA) is 97.1 Å². The van der Waals surface area contributed by atoms with Crippen molar-refractivity contribution in [2.24, 2.45) is 0 Å². The van der Waals surface area contributed by atoms with E-state index in [1.165, 1.54) is 18.5 Å². The maximum atomic E-state index is 12.2. The summed E-state index contributed by atoms with van der Waals surface area (Å²) in [6.45, 7) is 0.583. The lowest BCUT2D eigenvalue weighted by molar-refractivity contribution is 0.0697. The second-order valence-electron chi connectivity index (χ2n) is 4.95. The van der Waals surface area contributed by atoms with Gasteiger partial charge in [0.15, 0.2) is 0 Å². The molecule has 1 aromatic carbocycles. The number of hydrogen-bond donors (Lipinski definition) is 2. The Bertz CT molecular complexity index is 695. The summed E-state index contributed by atoms with van der Waals surface area (Å²) in [7, 11) is 0. The Labute approximate surface area is 120 Å². The van der Waals surface area contributed by atoms with Crippen molar-refractivity contribution < 1.29 is 14.7 Å². The monoisotopic (exact) mass is 286 g/mol. The Morgan fingerprint density at radius 2 is 2.14 bits per heavy atom. The third-order valence-electron chi connectivity index (χ3n) is 3.51. The number of fused-ring (bicyclic) bond motifs is 1. The van der Waals surface area contributed by atoms with Gasteiger partial charge in [0.2, 0.25) is 0 Å². The van der Waals surface area contributed by atoms with Crippen LogP contribution in [0.4, 0.5) is 0 Å². The zero-order chi connectivity index (χ0) is 14.8. The lowest BCUT2D eigenvalue weighted by Gasteiger charge is -2.23. The van der Waals surface area contributed by atoms with Gasteiger partial charge in [-0.05, 0) is 24.6 Å². The van der Waals surface area contributed by atoms with Crippen molar-refractivity contribution in [2.75, 3.05) is 0 Å². The first-order valence-corrected chi connectivity index (χ1v) is 6.64. The van der Waals surface area contributed by atoms with E-state index < -0.39 is 5.97 Å². The van der Waals surface area contributed by atoms with Gasteiger partial charge in [-0.1, -0.05) is 6.07 Å². The molecule has 108 valence electrons. The van der Waals surface area contributed by atoms with Crippen LogP contribution in [0.1, 0.15) is 33.0 Å². The highest BCUT2D eigenvalue weighted by Crippen LogP contribution is 2.12. The quantitative estimate of drug-likeness (QED) is 0.866. The van der Waals surface area contributed by atoms with Crippen LogP contribution in [0.25, 0.3) is 0 Å². The standard InChI is InChI=1S/C14H14N4O3/c19-13(9-2-1-3-10(6-9)14(20)21)17-11-4-5-12-15-8-16-18(12)7-11/h1-3,6,8,11H,4-5,7H2,(H,17,19)(H,20,21)/t11-/m0/s1. The number of nitrogens with one attached hydrogen (secondary N) is 1. The van der Waals surface area contributed by atoms with Crippen molar-refractivity contribution in [3.8, 4) is 0 Å². The van der Waals surface area contributed by atoms with Crippen molar-refractivity contribution in [1.29, 1.82) is 0 Å². The zero-order valence-corrected chi connectivity index (χ0v) is 11.2. The minimum Gasteiger partial charge on any atom is -0.478 e. The normalized spacial score (nSPS) is 17.0. The fourth-order valence-corrected chi connectivity index (χ4v) is 2.42. The summed E-state index contributed by atoms with van der Waals surface area (Å²) in [5.74, 6) is -0.394. The summed E-state index contributed by atoms with van der Waals surface area (Å²) in [4.78, 5) is 27.2. The number of carbonyl (C=O) groups excluding carboxylic acids is 1. The van der Waals surface area contributed by atoms with E-state index in [9.17, 15) is 9.59 Å². The molecule has 3 rings (SSSR count). The average molecular weight is 286 g/mol. The molecule has 1 aliphatic heterocycles. The van der Waals surface area contributed by atoms with Gasteiger partial charge in [0.05, 0.1) is 12.1 Å². The minimum atomic E-state index is -1.05. The molecule has 0 fully saturated rings. The van der Waals surface area contributed by atoms with Gasteiger partial charge in [0, 0.05) is 18.0 Å². The van der Waals surface area contributed by atoms with Crippen molar-refractivity contribution in [3.63, 3.8) is 0 Å². The average Bonchev–Trinajstić information content (AvgIpc) is 2.95. The molecule has 0 unspecified atom stereocenters. The fraction of sp³-hybridized carbons (Fsp3) is 0.286. The first-order valence-electron chi connectivity index (χ1n) is 6.64. The molecule has 1 amide bonds. The van der Waals surface area contributed by atoms with E-state index in [0.717, 1.165) is 18.7 Å². The number of hydrogen-bond acceptors (Lipinski definition) is 4. The summed E-state index contributed by atoms with van der Waals surface area (Å²) in [6.07, 6.45) is 3.07. The smallest absolute Gasteiger partial charge is 0.335 e. The Balaban J connectivity index is 1.70. The molecule has 0 radical (unpaired) electrons. The number of aromatic nitrogens is 3. The van der Waals surface area contributed by atoms with E-state index in [1.807, 2.05) is 0 Å². The van der Waals surface area contributed by atoms with E-state index in [-0.39, 0.29) is 17.5 Å². The molecule has 0 bridgehead atoms. The van der Waals surface area contributed by atoms with Crippen LogP contribution < -0.4 is 5.32 Å². The van der Waals surface area contributed by atoms with E-state index >= 15 is 0 Å². The van der Waals surface area contributed by atoms with Crippen LogP contribution in [0.3, 0.4) is 0 Å². The van der Waals surface area contributed by atoms with E-state index in [0.29, 0.717) is 12.1 Å². The molecule has 2 N–H and O–H groups in total. The van der Waals surface area contributed by atoms with E-state index in [2.05, 4.69) is 15.4 Å². The Morgan fingerprint density at radius 1 is 1.33 bits per heavy atom. The van der Waals surface area contributed by atoms with Crippen LogP contribution in [0.2, 0.25) is 0 Å². The molecule has 2 heterocycles. The summed E-state index contributed by atoms with van der Waals surface area (Å²) < 4.78 is 1.78. The van der Waals surface area contributed by atoms with Crippen LogP contribution in [0.5, 0.6) is 0 Å². The highest BCUT2D eigenvalue weighted by atomic mass is 16.4. The van der Waals surface area contributed by atoms with Crippen molar-refractivity contribution in [3.05, 3.63) is 47.5 Å². The number of rotatable bonds is 3. The van der Waals surface area contributed by atoms with Gasteiger partial charge in [-0.25, -0.2) is 14.5 Å². The highest BCUT2D eigenvalue weighted by Gasteiger charge is 2.22. The van der Waals surface area contributed by atoms with Gasteiger partial charge in [-0.2, -0.15) is 5.10 Å². The maximum Gasteiger partial charge on any atom is 0.335 e. The summed E-state index contributed by atoms with van der Waals surface area (Å²) in [5, 5.41) is 16.0. The molecule has 0 saturated carbocycles. The van der Waals surface area contributed by atoms with Gasteiger partial charge in [-0.3, -0.25) is 4.79 Å². The molecular formula is C14H14N4O3. The Hall–Kier alpha value is -2.70. The number of amides is 1. The predicted octanol–water partition coefficient (Wildman–Crippen LogP) is 0.721. The van der Waals surface area contributed by atoms with Gasteiger partial charge < -0.3 is 10.4 Å². The van der Waals surface area contributed by atoms with Gasteiger partial charge in [0.25, 0.3) is 5.91 Å². The number of aryl methyl sites for hydroxylation is 1. The molecule has 0 aliphatic carbocycles. The largest absolute Gasteiger partial charge is 0.478 e. The fourth-order valence-electron chi connectivity index (χ4n) is 2.42. The molecule has 0 spiro atoms. The number of benzene rings is 1. The minimum absolute atomic E-state index is 0.0276. The highest BCUT2D eigenvalue weighted by molar-refractivity contribution is 5.97. The van der Waals surface area contributed by atoms with Crippen LogP contribution >= 0.6 is 0 Å². The third-order valence-corrected chi connectivity index (χ3v) is 3.51. The number of aromatic carboxylic acids is 1. The molecule has 0 saturated heterocycles. The number of carbonyl (C=O) groups is 2. The second kappa shape index (κ2) is 5.35. The first-order chi connectivity index (χ1) is 10.1. The Morgan fingerprint density at radius 3 is 2.95 bits per heavy atom. The predicted molar refractivity (Wildman–Crippen MR) is 73.0 cm³/mol. The second-order valence-corrected chi connectivity index (χ2v) is 4.95. The number of carboxylic acid groups (broad SMARTS) is 1. The third kappa shape index (κ3) is 2.76. The number of carboxylic acids is 1. The van der Waals surface area contributed by atoms with Crippen molar-refractivity contribution in [1.82, 2.24) is 20.1 Å². The van der Waals surface area contributed by atoms with E-state index in [1.54, 1.807) is 16.8 Å². The lowest BCUT2D eigenvalue weighted by atomic mass is 10.1. The molecule has 1 aromatic heterocycles. The summed E-state index contributed by atoms with van der Waals surface area (Å²) in [6, 6.07) is 5.98. The molecule has 2 aromatic rings. The number of nitrogens with zero attached hydrogens (tertiary/aromatic N) is 3. The summed E-state index contributed by atoms with van der Waals surface area (Å²) >= 11 is 0. The van der Waals surface area contributed by atoms with Crippen LogP contribution in [-0.2, 0) is 13.0 Å². The van der Waals surface area contributed by atoms with Gasteiger partial charge in [-0.15, -0.1) is 0 Å². The SMILES string of the molecule is O=C(O)c1cccc(C(=O)N[C@H]2CCc3ncnn3C2)c1. The van der Waals surface area contributed by atoms with Crippen LogP contribution in [0.15, 0.2) is 30.6 Å². The van der Waals surface area contributed by atoms with E-state index in [4.69, 9.17) is 5.11 Å². The molecule has 21 heavy (non-hydrogen) atoms. The van der Waals surface area contributed by atoms with Crippen LogP contribution in [0, 0.1) is 0 Å². The molecule has 1 aliphatic rings. The summed E-state index contributed by atoms with van der Waals surface area (Å²) in [5.41, 5.74) is 0.448. The zero-order valence-electron chi connectivity index (χ0n) is 11.2. The Kier molecular flexibility index (Phi) is 3.39. The van der Waals surface area contributed by atoms with Crippen LogP contribution in [-0.4, -0.2) is 37.8 Å².